The van der Waals surface area contributed by atoms with Crippen LogP contribution >= 0.6 is 22.7 Å². The second-order valence-electron chi connectivity index (χ2n) is 17.7. The number of thiophene rings is 2. The second kappa shape index (κ2) is 12.0. The number of para-hydroxylation sites is 1. The van der Waals surface area contributed by atoms with Gasteiger partial charge in [-0.15, -0.1) is 22.7 Å². The van der Waals surface area contributed by atoms with Crippen LogP contribution in [-0.2, 0) is 10.8 Å². The molecule has 4 heteroatoms. The predicted molar refractivity (Wildman–Crippen MR) is 248 cm³/mol. The Hall–Kier alpha value is -5.42. The van der Waals surface area contributed by atoms with Gasteiger partial charge in [-0.2, -0.15) is 0 Å². The summed E-state index contributed by atoms with van der Waals surface area (Å²) in [5.74, 6) is 0. The number of hydrogen-bond acceptors (Lipinski definition) is 3. The number of hydrogen-bond donors (Lipinski definition) is 0. The number of anilines is 3. The molecule has 0 aliphatic carbocycles. The first-order chi connectivity index (χ1) is 27.0. The average molecular weight is 756 g/mol. The Labute approximate surface area is 338 Å². The third-order valence-corrected chi connectivity index (χ3v) is 14.6. The molecule has 0 unspecified atom stereocenters. The lowest BCUT2D eigenvalue weighted by Gasteiger charge is -2.37. The van der Waals surface area contributed by atoms with Crippen LogP contribution in [0.25, 0.3) is 63.6 Å². The molecule has 0 atom stereocenters. The van der Waals surface area contributed by atoms with Crippen molar-refractivity contribution < 1.29 is 0 Å². The maximum absolute atomic E-state index is 2.61. The first kappa shape index (κ1) is 33.9. The zero-order valence-electron chi connectivity index (χ0n) is 32.7. The van der Waals surface area contributed by atoms with E-state index in [-0.39, 0.29) is 17.5 Å². The van der Waals surface area contributed by atoms with Gasteiger partial charge in [-0.1, -0.05) is 133 Å². The minimum absolute atomic E-state index is 0.0113. The highest BCUT2D eigenvalue weighted by molar-refractivity contribution is 7.34. The van der Waals surface area contributed by atoms with E-state index in [0.717, 1.165) is 0 Å². The zero-order valence-corrected chi connectivity index (χ0v) is 34.3. The summed E-state index contributed by atoms with van der Waals surface area (Å²) in [6, 6.07) is 55.5. The van der Waals surface area contributed by atoms with Crippen LogP contribution in [0.3, 0.4) is 0 Å². The van der Waals surface area contributed by atoms with Crippen molar-refractivity contribution in [3.8, 4) is 33.4 Å². The molecule has 4 heterocycles. The molecule has 270 valence electrons. The Morgan fingerprint density at radius 1 is 0.464 bits per heavy atom. The van der Waals surface area contributed by atoms with Gasteiger partial charge in [-0.3, -0.25) is 0 Å². The van der Waals surface area contributed by atoms with Crippen LogP contribution in [-0.4, -0.2) is 6.71 Å². The van der Waals surface area contributed by atoms with E-state index in [1.165, 1.54) is 108 Å². The zero-order chi connectivity index (χ0) is 38.1. The summed E-state index contributed by atoms with van der Waals surface area (Å²) in [4.78, 5) is 2.61. The van der Waals surface area contributed by atoms with Crippen LogP contribution in [0, 0.1) is 0 Å². The molecule has 0 spiro atoms. The molecule has 2 aliphatic rings. The summed E-state index contributed by atoms with van der Waals surface area (Å²) < 4.78 is 5.51. The van der Waals surface area contributed by atoms with E-state index in [1.807, 2.05) is 22.7 Å². The van der Waals surface area contributed by atoms with Crippen LogP contribution in [0.15, 0.2) is 146 Å². The Kier molecular flexibility index (Phi) is 7.29. The van der Waals surface area contributed by atoms with Gasteiger partial charge in [0.25, 0.3) is 6.71 Å². The molecule has 2 aromatic heterocycles. The van der Waals surface area contributed by atoms with Gasteiger partial charge in [-0.05, 0) is 120 Å². The summed E-state index contributed by atoms with van der Waals surface area (Å²) in [7, 11) is 0. The van der Waals surface area contributed by atoms with Gasteiger partial charge >= 0.3 is 0 Å². The van der Waals surface area contributed by atoms with Crippen molar-refractivity contribution in [3.63, 3.8) is 0 Å². The standard InChI is InChI=1S/C52H42BNS2/c1-51(2,3)33-23-25-41(37(29-33)31-15-8-7-9-16-31)54-42-20-12-11-19-40(42)53-49-39(48-38-30-34(52(4,5)6)24-26-45(38)56-50(48)53)27-32(28-43(49)54)35-18-14-22-46-47(35)36-17-10-13-21-44(36)55-46/h7-30H,1-6H3. The van der Waals surface area contributed by atoms with Crippen LogP contribution in [0.5, 0.6) is 0 Å². The maximum atomic E-state index is 2.61. The molecule has 7 aromatic carbocycles. The highest BCUT2D eigenvalue weighted by atomic mass is 32.1. The van der Waals surface area contributed by atoms with Gasteiger partial charge in [0.1, 0.15) is 0 Å². The molecule has 11 rings (SSSR count). The van der Waals surface area contributed by atoms with Crippen molar-refractivity contribution in [2.24, 2.45) is 0 Å². The van der Waals surface area contributed by atoms with Gasteiger partial charge < -0.3 is 4.90 Å². The number of rotatable bonds is 3. The first-order valence-electron chi connectivity index (χ1n) is 19.8. The molecule has 2 aliphatic heterocycles. The van der Waals surface area contributed by atoms with Crippen molar-refractivity contribution in [1.29, 1.82) is 0 Å². The molecular formula is C52H42BNS2. The van der Waals surface area contributed by atoms with Crippen molar-refractivity contribution in [3.05, 3.63) is 157 Å². The minimum atomic E-state index is 0.0113. The summed E-state index contributed by atoms with van der Waals surface area (Å²) in [5, 5.41) is 4.06. The molecule has 0 N–H and O–H groups in total. The lowest BCUT2D eigenvalue weighted by molar-refractivity contribution is 0.590. The van der Waals surface area contributed by atoms with Crippen LogP contribution < -0.4 is 20.6 Å². The van der Waals surface area contributed by atoms with E-state index in [9.17, 15) is 0 Å². The molecule has 1 nitrogen and oxygen atoms in total. The summed E-state index contributed by atoms with van der Waals surface area (Å²) >= 11 is 3.89. The Bertz CT molecular complexity index is 3060. The summed E-state index contributed by atoms with van der Waals surface area (Å²) in [6.07, 6.45) is 0. The SMILES string of the molecule is CC(C)(C)c1ccc(N2c3ccccc3B3c4sc5ccc(C(C)(C)C)cc5c4-c4cc(-c5cccc6sc7ccccc7c56)cc2c43)c(-c2ccccc2)c1. The lowest BCUT2D eigenvalue weighted by atomic mass is 9.39. The van der Waals surface area contributed by atoms with Crippen LogP contribution in [0.1, 0.15) is 52.7 Å². The fraction of sp³-hybridized carbons (Fsp3) is 0.154. The number of benzene rings is 7. The van der Waals surface area contributed by atoms with Crippen molar-refractivity contribution >= 4 is 92.4 Å². The lowest BCUT2D eigenvalue weighted by Crippen LogP contribution is -2.54. The third-order valence-electron chi connectivity index (χ3n) is 12.2. The third kappa shape index (κ3) is 4.98. The van der Waals surface area contributed by atoms with Crippen LogP contribution in [0.4, 0.5) is 17.1 Å². The van der Waals surface area contributed by atoms with Gasteiger partial charge in [0, 0.05) is 47.2 Å². The quantitative estimate of drug-likeness (QED) is 0.162. The summed E-state index contributed by atoms with van der Waals surface area (Å²) in [6.45, 7) is 14.1. The van der Waals surface area contributed by atoms with Gasteiger partial charge in [-0.25, -0.2) is 0 Å². The Balaban J connectivity index is 1.27. The van der Waals surface area contributed by atoms with Gasteiger partial charge in [0.05, 0.1) is 5.69 Å². The fourth-order valence-electron chi connectivity index (χ4n) is 9.37. The average Bonchev–Trinajstić information content (AvgIpc) is 3.87. The second-order valence-corrected chi connectivity index (χ2v) is 19.9. The Morgan fingerprint density at radius 3 is 1.98 bits per heavy atom. The van der Waals surface area contributed by atoms with Crippen LogP contribution in [0.2, 0.25) is 0 Å². The van der Waals surface area contributed by atoms with Crippen molar-refractivity contribution in [1.82, 2.24) is 0 Å². The van der Waals surface area contributed by atoms with Crippen molar-refractivity contribution in [2.75, 3.05) is 4.90 Å². The molecule has 0 saturated carbocycles. The minimum Gasteiger partial charge on any atom is -0.311 e. The highest BCUT2D eigenvalue weighted by Gasteiger charge is 2.45. The van der Waals surface area contributed by atoms with E-state index < -0.39 is 0 Å². The maximum Gasteiger partial charge on any atom is 0.260 e. The molecule has 56 heavy (non-hydrogen) atoms. The van der Waals surface area contributed by atoms with Crippen molar-refractivity contribution in [2.45, 2.75) is 52.4 Å². The number of nitrogens with zero attached hydrogens (tertiary/aromatic N) is 1. The molecule has 0 radical (unpaired) electrons. The number of fused-ring (bicyclic) bond motifs is 10. The normalized spacial score (nSPS) is 13.5. The van der Waals surface area contributed by atoms with E-state index in [1.54, 1.807) is 0 Å². The van der Waals surface area contributed by atoms with E-state index in [4.69, 9.17) is 0 Å². The molecule has 9 aromatic rings. The molecule has 0 fully saturated rings. The van der Waals surface area contributed by atoms with Gasteiger partial charge in [0.15, 0.2) is 0 Å². The predicted octanol–water partition coefficient (Wildman–Crippen LogP) is 13.5. The molecule has 0 bridgehead atoms. The Morgan fingerprint density at radius 2 is 1.16 bits per heavy atom. The topological polar surface area (TPSA) is 3.24 Å². The van der Waals surface area contributed by atoms with Gasteiger partial charge in [0.2, 0.25) is 0 Å². The van der Waals surface area contributed by atoms with E-state index in [0.29, 0.717) is 0 Å². The summed E-state index contributed by atoms with van der Waals surface area (Å²) in [5.41, 5.74) is 17.2. The largest absolute Gasteiger partial charge is 0.311 e. The monoisotopic (exact) mass is 755 g/mol. The molecular weight excluding hydrogens is 714 g/mol. The first-order valence-corrected chi connectivity index (χ1v) is 21.4. The fourth-order valence-corrected chi connectivity index (χ4v) is 11.8. The molecule has 0 saturated heterocycles. The highest BCUT2D eigenvalue weighted by Crippen LogP contribution is 2.50. The van der Waals surface area contributed by atoms with E-state index in [2.05, 4.69) is 192 Å². The smallest absolute Gasteiger partial charge is 0.260 e. The van der Waals surface area contributed by atoms with E-state index >= 15 is 0 Å². The molecule has 0 amide bonds.